The molecule has 0 saturated carbocycles. The number of nitrogens with two attached hydrogens (primary N) is 1. The third-order valence-corrected chi connectivity index (χ3v) is 2.04. The maximum Gasteiger partial charge on any atom is 0.242 e. The molecule has 0 aromatic carbocycles. The van der Waals surface area contributed by atoms with E-state index in [0.29, 0.717) is 6.54 Å². The van der Waals surface area contributed by atoms with Crippen LogP contribution in [0, 0.1) is 5.41 Å². The maximum atomic E-state index is 11.2. The minimum Gasteiger partial charge on any atom is -0.280 e. The van der Waals surface area contributed by atoms with Gasteiger partial charge in [-0.25, -0.2) is 5.84 Å². The highest BCUT2D eigenvalue weighted by Gasteiger charge is 2.33. The van der Waals surface area contributed by atoms with E-state index in [1.165, 1.54) is 5.01 Å². The Morgan fingerprint density at radius 2 is 2.20 bits per heavy atom. The lowest BCUT2D eigenvalue weighted by molar-refractivity contribution is -0.144. The van der Waals surface area contributed by atoms with Gasteiger partial charge in [-0.1, -0.05) is 13.8 Å². The summed E-state index contributed by atoms with van der Waals surface area (Å²) in [6.07, 6.45) is 1.98. The topological polar surface area (TPSA) is 46.3 Å². The summed E-state index contributed by atoms with van der Waals surface area (Å²) < 4.78 is 0. The van der Waals surface area contributed by atoms with Crippen molar-refractivity contribution < 1.29 is 4.79 Å². The first-order valence-corrected chi connectivity index (χ1v) is 3.61. The van der Waals surface area contributed by atoms with Gasteiger partial charge in [0.05, 0.1) is 0 Å². The lowest BCUT2D eigenvalue weighted by Crippen LogP contribution is -2.49. The fourth-order valence-corrected chi connectivity index (χ4v) is 1.29. The molecule has 0 spiro atoms. The van der Waals surface area contributed by atoms with E-state index in [0.717, 1.165) is 12.8 Å². The normalized spacial score (nSPS) is 25.1. The molecule has 0 atom stereocenters. The van der Waals surface area contributed by atoms with E-state index in [2.05, 4.69) is 0 Å². The molecule has 0 aromatic rings. The van der Waals surface area contributed by atoms with Crippen LogP contribution in [0.5, 0.6) is 0 Å². The third-order valence-electron chi connectivity index (χ3n) is 2.04. The third kappa shape index (κ3) is 1.14. The Balaban J connectivity index is 2.70. The Morgan fingerprint density at radius 3 is 2.60 bits per heavy atom. The predicted octanol–water partition coefficient (Wildman–Crippen LogP) is 0.509. The molecular weight excluding hydrogens is 128 g/mol. The Labute approximate surface area is 61.2 Å². The number of hydrazine groups is 1. The molecule has 2 N–H and O–H groups in total. The van der Waals surface area contributed by atoms with Crippen LogP contribution >= 0.6 is 0 Å². The fraction of sp³-hybridized carbons (Fsp3) is 0.857. The largest absolute Gasteiger partial charge is 0.280 e. The monoisotopic (exact) mass is 142 g/mol. The molecule has 0 bridgehead atoms. The average molecular weight is 142 g/mol. The van der Waals surface area contributed by atoms with Crippen LogP contribution in [0.1, 0.15) is 26.7 Å². The van der Waals surface area contributed by atoms with Crippen LogP contribution in [0.3, 0.4) is 0 Å². The van der Waals surface area contributed by atoms with Gasteiger partial charge < -0.3 is 0 Å². The SMILES string of the molecule is CC1(C)CCCN(N)C1=O. The van der Waals surface area contributed by atoms with Crippen molar-refractivity contribution in [2.75, 3.05) is 6.54 Å². The van der Waals surface area contributed by atoms with Crippen LogP contribution in [-0.4, -0.2) is 17.5 Å². The molecule has 1 aliphatic rings. The maximum absolute atomic E-state index is 11.2. The molecule has 0 radical (unpaired) electrons. The summed E-state index contributed by atoms with van der Waals surface area (Å²) in [6, 6.07) is 0. The smallest absolute Gasteiger partial charge is 0.242 e. The molecule has 1 amide bonds. The van der Waals surface area contributed by atoms with E-state index >= 15 is 0 Å². The van der Waals surface area contributed by atoms with Crippen molar-refractivity contribution >= 4 is 5.91 Å². The molecule has 3 heteroatoms. The summed E-state index contributed by atoms with van der Waals surface area (Å²) in [5.74, 6) is 5.51. The van der Waals surface area contributed by atoms with E-state index in [-0.39, 0.29) is 11.3 Å². The van der Waals surface area contributed by atoms with Gasteiger partial charge in [0.25, 0.3) is 0 Å². The predicted molar refractivity (Wildman–Crippen MR) is 38.9 cm³/mol. The minimum atomic E-state index is -0.229. The van der Waals surface area contributed by atoms with Crippen LogP contribution in [0.4, 0.5) is 0 Å². The number of hydrogen-bond acceptors (Lipinski definition) is 2. The van der Waals surface area contributed by atoms with Gasteiger partial charge in [-0.05, 0) is 12.8 Å². The number of piperidine rings is 1. The molecule has 1 saturated heterocycles. The first kappa shape index (κ1) is 7.54. The van der Waals surface area contributed by atoms with Crippen molar-refractivity contribution in [2.45, 2.75) is 26.7 Å². The molecule has 1 heterocycles. The number of amides is 1. The van der Waals surface area contributed by atoms with Crippen molar-refractivity contribution in [3.8, 4) is 0 Å². The number of rotatable bonds is 0. The summed E-state index contributed by atoms with van der Waals surface area (Å²) in [7, 11) is 0. The number of carbonyl (C=O) groups excluding carboxylic acids is 1. The number of hydrogen-bond donors (Lipinski definition) is 1. The van der Waals surface area contributed by atoms with Crippen LogP contribution in [0.2, 0.25) is 0 Å². The minimum absolute atomic E-state index is 0.0683. The second-order valence-corrected chi connectivity index (χ2v) is 3.49. The van der Waals surface area contributed by atoms with Gasteiger partial charge in [0, 0.05) is 12.0 Å². The standard InChI is InChI=1S/C7H14N2O/c1-7(2)4-3-5-9(8)6(7)10/h3-5,8H2,1-2H3. The van der Waals surface area contributed by atoms with Crippen molar-refractivity contribution in [3.05, 3.63) is 0 Å². The summed E-state index contributed by atoms with van der Waals surface area (Å²) >= 11 is 0. The zero-order valence-corrected chi connectivity index (χ0v) is 6.55. The van der Waals surface area contributed by atoms with Crippen LogP contribution in [0.25, 0.3) is 0 Å². The van der Waals surface area contributed by atoms with E-state index in [9.17, 15) is 4.79 Å². The lowest BCUT2D eigenvalue weighted by Gasteiger charge is -2.33. The van der Waals surface area contributed by atoms with Crippen molar-refractivity contribution in [2.24, 2.45) is 11.3 Å². The second kappa shape index (κ2) is 2.23. The summed E-state index contributed by atoms with van der Waals surface area (Å²) in [5.41, 5.74) is -0.229. The highest BCUT2D eigenvalue weighted by atomic mass is 16.2. The van der Waals surface area contributed by atoms with E-state index in [4.69, 9.17) is 5.84 Å². The molecule has 3 nitrogen and oxygen atoms in total. The fourth-order valence-electron chi connectivity index (χ4n) is 1.29. The zero-order valence-electron chi connectivity index (χ0n) is 6.55. The number of nitrogens with zero attached hydrogens (tertiary/aromatic N) is 1. The first-order chi connectivity index (χ1) is 4.54. The van der Waals surface area contributed by atoms with E-state index in [1.807, 2.05) is 13.8 Å². The Kier molecular flexibility index (Phi) is 1.68. The quantitative estimate of drug-likeness (QED) is 0.395. The molecule has 1 fully saturated rings. The van der Waals surface area contributed by atoms with Gasteiger partial charge in [0.15, 0.2) is 0 Å². The van der Waals surface area contributed by atoms with E-state index in [1.54, 1.807) is 0 Å². The first-order valence-electron chi connectivity index (χ1n) is 3.61. The van der Waals surface area contributed by atoms with Crippen LogP contribution in [-0.2, 0) is 4.79 Å². The highest BCUT2D eigenvalue weighted by Crippen LogP contribution is 2.27. The van der Waals surface area contributed by atoms with Crippen molar-refractivity contribution in [1.29, 1.82) is 0 Å². The number of carbonyl (C=O) groups is 1. The van der Waals surface area contributed by atoms with Gasteiger partial charge in [-0.3, -0.25) is 9.80 Å². The highest BCUT2D eigenvalue weighted by molar-refractivity contribution is 5.81. The zero-order chi connectivity index (χ0) is 7.78. The van der Waals surface area contributed by atoms with Crippen molar-refractivity contribution in [1.82, 2.24) is 5.01 Å². The average Bonchev–Trinajstić information content (AvgIpc) is 1.83. The Hall–Kier alpha value is -0.570. The van der Waals surface area contributed by atoms with Gasteiger partial charge >= 0.3 is 0 Å². The summed E-state index contributed by atoms with van der Waals surface area (Å²) in [6.45, 7) is 4.59. The second-order valence-electron chi connectivity index (χ2n) is 3.49. The van der Waals surface area contributed by atoms with Gasteiger partial charge in [0.2, 0.25) is 5.91 Å². The molecule has 10 heavy (non-hydrogen) atoms. The molecule has 1 rings (SSSR count). The van der Waals surface area contributed by atoms with Crippen LogP contribution < -0.4 is 5.84 Å². The van der Waals surface area contributed by atoms with E-state index < -0.39 is 0 Å². The summed E-state index contributed by atoms with van der Waals surface area (Å²) in [5, 5.41) is 1.32. The Bertz CT molecular complexity index is 154. The molecule has 58 valence electrons. The van der Waals surface area contributed by atoms with Crippen LogP contribution in [0.15, 0.2) is 0 Å². The van der Waals surface area contributed by atoms with Gasteiger partial charge in [0.1, 0.15) is 0 Å². The molecule has 0 aliphatic carbocycles. The molecule has 0 aromatic heterocycles. The molecule has 0 unspecified atom stereocenters. The van der Waals surface area contributed by atoms with Crippen molar-refractivity contribution in [3.63, 3.8) is 0 Å². The van der Waals surface area contributed by atoms with Gasteiger partial charge in [-0.15, -0.1) is 0 Å². The molecule has 1 aliphatic heterocycles. The Morgan fingerprint density at radius 1 is 1.60 bits per heavy atom. The lowest BCUT2D eigenvalue weighted by atomic mass is 9.84. The molecular formula is C7H14N2O. The summed E-state index contributed by atoms with van der Waals surface area (Å²) in [4.78, 5) is 11.2. The van der Waals surface area contributed by atoms with Gasteiger partial charge in [-0.2, -0.15) is 0 Å².